The van der Waals surface area contributed by atoms with E-state index in [2.05, 4.69) is 53.8 Å². The Morgan fingerprint density at radius 2 is 1.88 bits per heavy atom. The fourth-order valence-electron chi connectivity index (χ4n) is 4.98. The number of pyridine rings is 1. The highest BCUT2D eigenvalue weighted by Gasteiger charge is 2.29. The summed E-state index contributed by atoms with van der Waals surface area (Å²) in [5.74, 6) is 0. The van der Waals surface area contributed by atoms with E-state index in [0.29, 0.717) is 17.2 Å². The maximum absolute atomic E-state index is 9.65. The van der Waals surface area contributed by atoms with Crippen LogP contribution in [0.1, 0.15) is 42.6 Å². The van der Waals surface area contributed by atoms with Crippen molar-refractivity contribution in [3.8, 4) is 23.3 Å². The van der Waals surface area contributed by atoms with Crippen LogP contribution in [0.15, 0.2) is 58.7 Å². The fourth-order valence-corrected chi connectivity index (χ4v) is 6.08. The van der Waals surface area contributed by atoms with Gasteiger partial charge in [0.05, 0.1) is 35.1 Å². The van der Waals surface area contributed by atoms with E-state index < -0.39 is 0 Å². The van der Waals surface area contributed by atoms with Crippen molar-refractivity contribution in [2.24, 2.45) is 0 Å². The Hall–Kier alpha value is -3.59. The molecule has 1 aliphatic rings. The average molecular weight is 468 g/mol. The summed E-state index contributed by atoms with van der Waals surface area (Å²) < 4.78 is 3.89. The molecular formula is C26H25N7S. The number of hydrogen-bond acceptors (Lipinski definition) is 6. The normalized spacial score (nSPS) is 17.0. The Balaban J connectivity index is 1.60. The molecule has 1 aromatic carbocycles. The quantitative estimate of drug-likeness (QED) is 0.408. The molecule has 0 saturated carbocycles. The summed E-state index contributed by atoms with van der Waals surface area (Å²) in [4.78, 5) is 4.15. The smallest absolute Gasteiger partial charge is 0.103 e. The third-order valence-electron chi connectivity index (χ3n) is 6.80. The molecule has 34 heavy (non-hydrogen) atoms. The summed E-state index contributed by atoms with van der Waals surface area (Å²) in [5, 5.41) is 28.4. The van der Waals surface area contributed by atoms with E-state index in [9.17, 15) is 10.5 Å². The molecule has 4 aromatic rings. The van der Waals surface area contributed by atoms with Crippen molar-refractivity contribution in [3.05, 3.63) is 65.7 Å². The van der Waals surface area contributed by atoms with Gasteiger partial charge in [-0.1, -0.05) is 23.9 Å². The van der Waals surface area contributed by atoms with Crippen LogP contribution in [-0.2, 0) is 0 Å². The lowest BCUT2D eigenvalue weighted by Crippen LogP contribution is -2.33. The minimum Gasteiger partial charge on any atom is -0.301 e. The molecule has 3 aromatic heterocycles. The standard InChI is InChI=1S/C26H25N7S/c1-17-22(15-30-33(17)18(2)23-8-6-10-31(23)3)20-11-25(26-21(13-28)14-29-32(26)16-20)34-24-9-5-4-7-19(24)12-27/h4-5,7,9,11,14-16,18,23H,6,8,10H2,1-3H3/t18-,23+/m0/s1. The lowest BCUT2D eigenvalue weighted by Gasteiger charge is -2.27. The largest absolute Gasteiger partial charge is 0.301 e. The summed E-state index contributed by atoms with van der Waals surface area (Å²) in [7, 11) is 2.19. The molecule has 0 bridgehead atoms. The van der Waals surface area contributed by atoms with Gasteiger partial charge >= 0.3 is 0 Å². The van der Waals surface area contributed by atoms with E-state index in [-0.39, 0.29) is 6.04 Å². The number of benzene rings is 1. The molecule has 2 atom stereocenters. The van der Waals surface area contributed by atoms with Gasteiger partial charge in [-0.25, -0.2) is 4.52 Å². The van der Waals surface area contributed by atoms with Crippen molar-refractivity contribution in [1.82, 2.24) is 24.3 Å². The number of nitrogens with zero attached hydrogens (tertiary/aromatic N) is 7. The summed E-state index contributed by atoms with van der Waals surface area (Å²) in [6.45, 7) is 5.48. The molecule has 170 valence electrons. The molecule has 0 unspecified atom stereocenters. The first-order chi connectivity index (χ1) is 16.5. The molecule has 0 spiro atoms. The predicted molar refractivity (Wildman–Crippen MR) is 132 cm³/mol. The summed E-state index contributed by atoms with van der Waals surface area (Å²) >= 11 is 1.48. The van der Waals surface area contributed by atoms with Gasteiger partial charge in [-0.3, -0.25) is 4.68 Å². The summed E-state index contributed by atoms with van der Waals surface area (Å²) in [5.41, 5.74) is 4.98. The van der Waals surface area contributed by atoms with Crippen molar-refractivity contribution in [2.45, 2.75) is 48.6 Å². The Kier molecular flexibility index (Phi) is 5.87. The lowest BCUT2D eigenvalue weighted by atomic mass is 10.1. The van der Waals surface area contributed by atoms with Gasteiger partial charge in [0.25, 0.3) is 0 Å². The number of nitriles is 2. The molecule has 1 fully saturated rings. The molecule has 0 aliphatic carbocycles. The van der Waals surface area contributed by atoms with Crippen LogP contribution in [0.2, 0.25) is 0 Å². The third-order valence-corrected chi connectivity index (χ3v) is 7.91. The molecule has 7 nitrogen and oxygen atoms in total. The van der Waals surface area contributed by atoms with Gasteiger partial charge in [0, 0.05) is 38.9 Å². The van der Waals surface area contributed by atoms with Gasteiger partial charge < -0.3 is 4.90 Å². The van der Waals surface area contributed by atoms with Crippen LogP contribution in [0.4, 0.5) is 0 Å². The number of aromatic nitrogens is 4. The van der Waals surface area contributed by atoms with Crippen LogP contribution in [-0.4, -0.2) is 43.9 Å². The second kappa shape index (κ2) is 8.98. The van der Waals surface area contributed by atoms with Crippen molar-refractivity contribution >= 4 is 17.3 Å². The van der Waals surface area contributed by atoms with Crippen molar-refractivity contribution in [3.63, 3.8) is 0 Å². The third kappa shape index (κ3) is 3.75. The number of likely N-dealkylation sites (tertiary alicyclic amines) is 1. The van der Waals surface area contributed by atoms with Gasteiger partial charge in [-0.2, -0.15) is 20.7 Å². The number of likely N-dealkylation sites (N-methyl/N-ethyl adjacent to an activating group) is 1. The molecule has 0 amide bonds. The molecule has 0 radical (unpaired) electrons. The van der Waals surface area contributed by atoms with Crippen LogP contribution >= 0.6 is 11.8 Å². The minimum absolute atomic E-state index is 0.274. The highest BCUT2D eigenvalue weighted by molar-refractivity contribution is 7.99. The summed E-state index contributed by atoms with van der Waals surface area (Å²) in [6, 6.07) is 14.9. The molecule has 5 rings (SSSR count). The topological polar surface area (TPSA) is 85.9 Å². The van der Waals surface area contributed by atoms with Crippen LogP contribution in [0.5, 0.6) is 0 Å². The first-order valence-corrected chi connectivity index (χ1v) is 12.2. The Labute approximate surface area is 203 Å². The van der Waals surface area contributed by atoms with E-state index in [1.165, 1.54) is 24.6 Å². The molecule has 1 saturated heterocycles. The van der Waals surface area contributed by atoms with E-state index >= 15 is 0 Å². The fraction of sp³-hybridized carbons (Fsp3) is 0.308. The zero-order valence-electron chi connectivity index (χ0n) is 19.4. The molecule has 0 N–H and O–H groups in total. The average Bonchev–Trinajstić information content (AvgIpc) is 3.57. The Bertz CT molecular complexity index is 1450. The first-order valence-electron chi connectivity index (χ1n) is 11.3. The van der Waals surface area contributed by atoms with Crippen LogP contribution in [0.25, 0.3) is 16.6 Å². The molecule has 4 heterocycles. The van der Waals surface area contributed by atoms with Crippen LogP contribution in [0.3, 0.4) is 0 Å². The monoisotopic (exact) mass is 467 g/mol. The maximum Gasteiger partial charge on any atom is 0.103 e. The number of hydrogen-bond donors (Lipinski definition) is 0. The molecular weight excluding hydrogens is 442 g/mol. The van der Waals surface area contributed by atoms with Crippen LogP contribution in [0, 0.1) is 29.6 Å². The predicted octanol–water partition coefficient (Wildman–Crippen LogP) is 5.06. The highest BCUT2D eigenvalue weighted by atomic mass is 32.2. The second-order valence-corrected chi connectivity index (χ2v) is 9.87. The zero-order chi connectivity index (χ0) is 23.8. The van der Waals surface area contributed by atoms with E-state index in [1.807, 2.05) is 30.6 Å². The molecule has 1 aliphatic heterocycles. The Morgan fingerprint density at radius 1 is 1.09 bits per heavy atom. The van der Waals surface area contributed by atoms with Gasteiger partial charge in [-0.15, -0.1) is 0 Å². The Morgan fingerprint density at radius 3 is 2.62 bits per heavy atom. The van der Waals surface area contributed by atoms with Crippen molar-refractivity contribution in [2.75, 3.05) is 13.6 Å². The van der Waals surface area contributed by atoms with Gasteiger partial charge in [0.2, 0.25) is 0 Å². The maximum atomic E-state index is 9.65. The highest BCUT2D eigenvalue weighted by Crippen LogP contribution is 2.38. The zero-order valence-corrected chi connectivity index (χ0v) is 20.3. The second-order valence-electron chi connectivity index (χ2n) is 8.79. The summed E-state index contributed by atoms with van der Waals surface area (Å²) in [6.07, 6.45) is 7.88. The lowest BCUT2D eigenvalue weighted by molar-refractivity contribution is 0.227. The SMILES string of the molecule is Cc1c(-c2cc(Sc3ccccc3C#N)c3c(C#N)cnn3c2)cnn1[C@@H](C)[C@H]1CCCN1C. The van der Waals surface area contributed by atoms with E-state index in [0.717, 1.165) is 38.7 Å². The number of fused-ring (bicyclic) bond motifs is 1. The van der Waals surface area contributed by atoms with Crippen molar-refractivity contribution < 1.29 is 0 Å². The van der Waals surface area contributed by atoms with Crippen LogP contribution < -0.4 is 0 Å². The van der Waals surface area contributed by atoms with Gasteiger partial charge in [0.1, 0.15) is 12.1 Å². The van der Waals surface area contributed by atoms with Gasteiger partial charge in [-0.05, 0) is 58.5 Å². The number of rotatable bonds is 5. The van der Waals surface area contributed by atoms with E-state index in [4.69, 9.17) is 5.10 Å². The molecule has 8 heteroatoms. The first kappa shape index (κ1) is 22.2. The van der Waals surface area contributed by atoms with Crippen molar-refractivity contribution in [1.29, 1.82) is 10.5 Å². The minimum atomic E-state index is 0.274. The van der Waals surface area contributed by atoms with Gasteiger partial charge in [0.15, 0.2) is 0 Å². The van der Waals surface area contributed by atoms with E-state index in [1.54, 1.807) is 16.8 Å².